The number of hydrogen-bond acceptors (Lipinski definition) is 5. The van der Waals surface area contributed by atoms with Crippen LogP contribution >= 0.6 is 24.8 Å². The summed E-state index contributed by atoms with van der Waals surface area (Å²) in [4.78, 5) is 18.7. The van der Waals surface area contributed by atoms with Crippen LogP contribution in [0.2, 0.25) is 0 Å². The number of nitrogens with two attached hydrogens (primary N) is 1. The van der Waals surface area contributed by atoms with E-state index in [0.29, 0.717) is 26.1 Å². The van der Waals surface area contributed by atoms with Crippen LogP contribution < -0.4 is 10.5 Å². The van der Waals surface area contributed by atoms with E-state index >= 15 is 0 Å². The van der Waals surface area contributed by atoms with Gasteiger partial charge in [0.2, 0.25) is 5.91 Å². The number of carbonyl (C=O) groups excluding carboxylic acids is 1. The Bertz CT molecular complexity index is 829. The van der Waals surface area contributed by atoms with Gasteiger partial charge >= 0.3 is 0 Å². The van der Waals surface area contributed by atoms with E-state index in [1.165, 1.54) is 5.56 Å². The standard InChI is InChI=1S/C22H27N3O3.2ClH/c1-27-19-4-2-3-17-7-14-28-22(20(17)19)8-12-25(13-9-22)21(26)18(23)15-16-5-10-24-11-6-16;;/h2-6,10-11,18H,7-9,12-15,23H2,1H3;2*1H/t18-;;/m1../s1. The summed E-state index contributed by atoms with van der Waals surface area (Å²) in [5.41, 5.74) is 9.32. The Morgan fingerprint density at radius 3 is 2.60 bits per heavy atom. The first kappa shape index (κ1) is 24.4. The highest BCUT2D eigenvalue weighted by atomic mass is 35.5. The quantitative estimate of drug-likeness (QED) is 0.769. The lowest BCUT2D eigenvalue weighted by Crippen LogP contribution is -2.52. The predicted octanol–water partition coefficient (Wildman–Crippen LogP) is 2.89. The Hall–Kier alpha value is -1.86. The number of pyridine rings is 1. The van der Waals surface area contributed by atoms with E-state index in [1.807, 2.05) is 29.2 Å². The van der Waals surface area contributed by atoms with Crippen molar-refractivity contribution in [3.05, 3.63) is 59.4 Å². The second-order valence-electron chi connectivity index (χ2n) is 7.58. The number of likely N-dealkylation sites (tertiary alicyclic amines) is 1. The summed E-state index contributed by atoms with van der Waals surface area (Å²) in [7, 11) is 1.70. The molecule has 0 unspecified atom stereocenters. The van der Waals surface area contributed by atoms with E-state index in [1.54, 1.807) is 19.5 Å². The minimum Gasteiger partial charge on any atom is -0.496 e. The fraction of sp³-hybridized carbons (Fsp3) is 0.455. The molecule has 4 rings (SSSR count). The summed E-state index contributed by atoms with van der Waals surface area (Å²) >= 11 is 0. The molecular formula is C22H29Cl2N3O3. The van der Waals surface area contributed by atoms with Crippen molar-refractivity contribution in [2.75, 3.05) is 26.8 Å². The number of halogens is 2. The number of aromatic nitrogens is 1. The van der Waals surface area contributed by atoms with Crippen molar-refractivity contribution in [2.24, 2.45) is 5.73 Å². The smallest absolute Gasteiger partial charge is 0.239 e. The molecule has 1 spiro atoms. The molecule has 0 radical (unpaired) electrons. The second-order valence-corrected chi connectivity index (χ2v) is 7.58. The third-order valence-corrected chi connectivity index (χ3v) is 5.94. The van der Waals surface area contributed by atoms with Crippen LogP contribution in [0.5, 0.6) is 5.75 Å². The van der Waals surface area contributed by atoms with Crippen molar-refractivity contribution in [3.63, 3.8) is 0 Å². The molecule has 164 valence electrons. The van der Waals surface area contributed by atoms with Gasteiger partial charge < -0.3 is 20.1 Å². The molecule has 0 saturated carbocycles. The van der Waals surface area contributed by atoms with Crippen LogP contribution in [0, 0.1) is 0 Å². The number of nitrogens with zero attached hydrogens (tertiary/aromatic N) is 2. The number of piperidine rings is 1. The molecule has 1 amide bonds. The normalized spacial score (nSPS) is 17.9. The van der Waals surface area contributed by atoms with Gasteiger partial charge in [0.1, 0.15) is 11.4 Å². The van der Waals surface area contributed by atoms with Crippen LogP contribution in [-0.2, 0) is 28.0 Å². The molecule has 0 aliphatic carbocycles. The van der Waals surface area contributed by atoms with Crippen LogP contribution in [-0.4, -0.2) is 48.6 Å². The van der Waals surface area contributed by atoms with Gasteiger partial charge in [0, 0.05) is 31.0 Å². The monoisotopic (exact) mass is 453 g/mol. The molecule has 30 heavy (non-hydrogen) atoms. The fourth-order valence-electron chi connectivity index (χ4n) is 4.48. The topological polar surface area (TPSA) is 77.7 Å². The molecule has 2 aromatic rings. The number of ether oxygens (including phenoxy) is 2. The molecule has 1 aromatic heterocycles. The average Bonchev–Trinajstić information content (AvgIpc) is 2.74. The van der Waals surface area contributed by atoms with Gasteiger partial charge in [-0.3, -0.25) is 9.78 Å². The summed E-state index contributed by atoms with van der Waals surface area (Å²) < 4.78 is 11.9. The lowest BCUT2D eigenvalue weighted by atomic mass is 9.78. The molecule has 2 aliphatic heterocycles. The van der Waals surface area contributed by atoms with Gasteiger partial charge in [0.15, 0.2) is 0 Å². The summed E-state index contributed by atoms with van der Waals surface area (Å²) in [5.74, 6) is 0.883. The molecule has 2 aliphatic rings. The molecule has 1 saturated heterocycles. The predicted molar refractivity (Wildman–Crippen MR) is 121 cm³/mol. The minimum absolute atomic E-state index is 0. The molecule has 1 atom stereocenters. The van der Waals surface area contributed by atoms with E-state index in [0.717, 1.165) is 36.1 Å². The number of benzene rings is 1. The van der Waals surface area contributed by atoms with E-state index in [4.69, 9.17) is 15.2 Å². The zero-order valence-electron chi connectivity index (χ0n) is 17.1. The van der Waals surface area contributed by atoms with E-state index in [2.05, 4.69) is 11.1 Å². The van der Waals surface area contributed by atoms with E-state index < -0.39 is 6.04 Å². The number of hydrogen-bond donors (Lipinski definition) is 1. The Labute approximate surface area is 190 Å². The first-order valence-corrected chi connectivity index (χ1v) is 9.86. The molecule has 1 fully saturated rings. The van der Waals surface area contributed by atoms with Gasteiger partial charge in [-0.2, -0.15) is 0 Å². The number of carbonyl (C=O) groups is 1. The van der Waals surface area contributed by atoms with Crippen LogP contribution in [0.25, 0.3) is 0 Å². The van der Waals surface area contributed by atoms with Gasteiger partial charge in [0.05, 0.1) is 19.8 Å². The van der Waals surface area contributed by atoms with Crippen molar-refractivity contribution in [2.45, 2.75) is 37.3 Å². The number of rotatable bonds is 4. The maximum atomic E-state index is 12.9. The van der Waals surface area contributed by atoms with Crippen molar-refractivity contribution < 1.29 is 14.3 Å². The Kier molecular flexibility index (Phi) is 8.50. The largest absolute Gasteiger partial charge is 0.496 e. The molecule has 0 bridgehead atoms. The summed E-state index contributed by atoms with van der Waals surface area (Å²) in [6, 6.07) is 9.45. The maximum Gasteiger partial charge on any atom is 0.239 e. The fourth-order valence-corrected chi connectivity index (χ4v) is 4.48. The third kappa shape index (κ3) is 4.72. The Morgan fingerprint density at radius 1 is 1.23 bits per heavy atom. The highest BCUT2D eigenvalue weighted by Crippen LogP contribution is 2.45. The van der Waals surface area contributed by atoms with Crippen LogP contribution in [0.4, 0.5) is 0 Å². The summed E-state index contributed by atoms with van der Waals surface area (Å²) in [6.07, 6.45) is 6.39. The highest BCUT2D eigenvalue weighted by Gasteiger charge is 2.44. The molecule has 3 heterocycles. The lowest BCUT2D eigenvalue weighted by Gasteiger charge is -2.45. The van der Waals surface area contributed by atoms with Gasteiger partial charge in [-0.15, -0.1) is 24.8 Å². The average molecular weight is 454 g/mol. The number of fused-ring (bicyclic) bond motifs is 2. The molecule has 6 nitrogen and oxygen atoms in total. The number of amides is 1. The van der Waals surface area contributed by atoms with Crippen LogP contribution in [0.3, 0.4) is 0 Å². The van der Waals surface area contributed by atoms with Gasteiger partial charge in [-0.1, -0.05) is 12.1 Å². The Balaban J connectivity index is 0.00000160. The summed E-state index contributed by atoms with van der Waals surface area (Å²) in [5, 5.41) is 0. The molecular weight excluding hydrogens is 425 g/mol. The zero-order valence-corrected chi connectivity index (χ0v) is 18.7. The van der Waals surface area contributed by atoms with Crippen molar-refractivity contribution in [1.29, 1.82) is 0 Å². The van der Waals surface area contributed by atoms with Crippen molar-refractivity contribution in [3.8, 4) is 5.75 Å². The first-order chi connectivity index (χ1) is 13.6. The lowest BCUT2D eigenvalue weighted by molar-refractivity contribution is -0.142. The molecule has 1 aromatic carbocycles. The van der Waals surface area contributed by atoms with Gasteiger partial charge in [-0.05, 0) is 55.0 Å². The van der Waals surface area contributed by atoms with E-state index in [9.17, 15) is 4.79 Å². The Morgan fingerprint density at radius 2 is 1.93 bits per heavy atom. The van der Waals surface area contributed by atoms with Gasteiger partial charge in [-0.25, -0.2) is 0 Å². The zero-order chi connectivity index (χ0) is 19.6. The SMILES string of the molecule is COc1cccc2c1C1(CCN(C(=O)[C@H](N)Cc3ccncc3)CC1)OCC2.Cl.Cl. The van der Waals surface area contributed by atoms with Gasteiger partial charge in [0.25, 0.3) is 0 Å². The molecule has 2 N–H and O–H groups in total. The van der Waals surface area contributed by atoms with Crippen LogP contribution in [0.1, 0.15) is 29.5 Å². The number of methoxy groups -OCH3 is 1. The second kappa shape index (κ2) is 10.4. The minimum atomic E-state index is -0.537. The molecule has 8 heteroatoms. The first-order valence-electron chi connectivity index (χ1n) is 9.86. The summed E-state index contributed by atoms with van der Waals surface area (Å²) in [6.45, 7) is 1.98. The highest BCUT2D eigenvalue weighted by molar-refractivity contribution is 5.85. The maximum absolute atomic E-state index is 12.9. The van der Waals surface area contributed by atoms with Crippen LogP contribution in [0.15, 0.2) is 42.7 Å². The third-order valence-electron chi connectivity index (χ3n) is 5.94. The van der Waals surface area contributed by atoms with E-state index in [-0.39, 0.29) is 36.3 Å². The van der Waals surface area contributed by atoms with Crippen molar-refractivity contribution >= 4 is 30.7 Å². The van der Waals surface area contributed by atoms with Crippen molar-refractivity contribution in [1.82, 2.24) is 9.88 Å².